The van der Waals surface area contributed by atoms with E-state index < -0.39 is 0 Å². The molecule has 1 saturated heterocycles. The van der Waals surface area contributed by atoms with Crippen LogP contribution in [-0.2, 0) is 17.9 Å². The summed E-state index contributed by atoms with van der Waals surface area (Å²) in [5.74, 6) is 0.818. The van der Waals surface area contributed by atoms with Gasteiger partial charge in [0.15, 0.2) is 0 Å². The Morgan fingerprint density at radius 3 is 2.50 bits per heavy atom. The molecule has 3 atom stereocenters. The van der Waals surface area contributed by atoms with Gasteiger partial charge in [0.25, 0.3) is 0 Å². The number of methoxy groups -OCH3 is 1. The van der Waals surface area contributed by atoms with E-state index in [1.54, 1.807) is 12.0 Å². The first-order valence-corrected chi connectivity index (χ1v) is 9.58. The van der Waals surface area contributed by atoms with E-state index >= 15 is 0 Å². The van der Waals surface area contributed by atoms with E-state index in [4.69, 9.17) is 9.47 Å². The van der Waals surface area contributed by atoms with Gasteiger partial charge in [-0.05, 0) is 36.6 Å². The van der Waals surface area contributed by atoms with Crippen molar-refractivity contribution in [3.8, 4) is 5.75 Å². The summed E-state index contributed by atoms with van der Waals surface area (Å²) in [6, 6.07) is 17.1. The van der Waals surface area contributed by atoms with Crippen LogP contribution in [0.25, 0.3) is 0 Å². The number of aliphatic hydroxyl groups excluding tert-OH is 1. The van der Waals surface area contributed by atoms with E-state index in [0.29, 0.717) is 6.54 Å². The van der Waals surface area contributed by atoms with Crippen LogP contribution in [0.1, 0.15) is 24.5 Å². The van der Waals surface area contributed by atoms with Crippen molar-refractivity contribution in [2.45, 2.75) is 44.6 Å². The monoisotopic (exact) mass is 384 g/mol. The Morgan fingerprint density at radius 2 is 1.86 bits per heavy atom. The third-order valence-electron chi connectivity index (χ3n) is 5.22. The number of hydrogen-bond acceptors (Lipinski definition) is 5. The molecule has 2 aromatic carbocycles. The number of amides is 1. The van der Waals surface area contributed by atoms with E-state index in [1.165, 1.54) is 0 Å². The normalized spacial score (nSPS) is 21.5. The number of hydrogen-bond donors (Lipinski definition) is 2. The molecular formula is C22H28N2O4. The van der Waals surface area contributed by atoms with Crippen molar-refractivity contribution in [3.05, 3.63) is 65.7 Å². The molecule has 0 aliphatic carbocycles. The third kappa shape index (κ3) is 4.82. The molecular weight excluding hydrogens is 356 g/mol. The van der Waals surface area contributed by atoms with E-state index in [1.807, 2.05) is 61.5 Å². The Labute approximate surface area is 166 Å². The molecule has 0 radical (unpaired) electrons. The van der Waals surface area contributed by atoms with Gasteiger partial charge in [-0.3, -0.25) is 4.90 Å². The highest BCUT2D eigenvalue weighted by atomic mass is 16.6. The Hall–Kier alpha value is -2.57. The van der Waals surface area contributed by atoms with Gasteiger partial charge in [-0.2, -0.15) is 0 Å². The average molecular weight is 384 g/mol. The molecule has 0 aromatic heterocycles. The zero-order valence-corrected chi connectivity index (χ0v) is 16.4. The van der Waals surface area contributed by atoms with Gasteiger partial charge in [0.1, 0.15) is 12.4 Å². The van der Waals surface area contributed by atoms with Crippen LogP contribution in [0.15, 0.2) is 54.6 Å². The second kappa shape index (κ2) is 9.57. The maximum atomic E-state index is 12.6. The van der Waals surface area contributed by atoms with Gasteiger partial charge in [0.2, 0.25) is 0 Å². The topological polar surface area (TPSA) is 71.0 Å². The molecule has 1 aliphatic heterocycles. The first-order valence-electron chi connectivity index (χ1n) is 9.58. The maximum Gasteiger partial charge on any atom is 0.410 e. The molecule has 0 saturated carbocycles. The number of aliphatic hydroxyl groups is 1. The maximum absolute atomic E-state index is 12.6. The molecule has 6 nitrogen and oxygen atoms in total. The molecule has 0 spiro atoms. The zero-order valence-electron chi connectivity index (χ0n) is 16.4. The van der Waals surface area contributed by atoms with Crippen LogP contribution in [0.5, 0.6) is 5.75 Å². The number of rotatable bonds is 7. The summed E-state index contributed by atoms with van der Waals surface area (Å²) in [6.07, 6.45) is 0.381. The van der Waals surface area contributed by atoms with E-state index in [-0.39, 0.29) is 37.4 Å². The molecule has 150 valence electrons. The van der Waals surface area contributed by atoms with Crippen LogP contribution < -0.4 is 10.1 Å². The number of ether oxygens (including phenoxy) is 2. The molecule has 3 rings (SSSR count). The average Bonchev–Trinajstić information content (AvgIpc) is 3.06. The van der Waals surface area contributed by atoms with Crippen molar-refractivity contribution >= 4 is 6.09 Å². The zero-order chi connectivity index (χ0) is 19.9. The Kier molecular flexibility index (Phi) is 6.90. The predicted octanol–water partition coefficient (Wildman–Crippen LogP) is 2.95. The quantitative estimate of drug-likeness (QED) is 0.768. The van der Waals surface area contributed by atoms with E-state index in [2.05, 4.69) is 5.32 Å². The molecule has 0 bridgehead atoms. The largest absolute Gasteiger partial charge is 0.497 e. The van der Waals surface area contributed by atoms with Crippen molar-refractivity contribution in [2.75, 3.05) is 13.7 Å². The minimum absolute atomic E-state index is 0.00575. The van der Waals surface area contributed by atoms with Gasteiger partial charge in [-0.1, -0.05) is 42.5 Å². The fourth-order valence-corrected chi connectivity index (χ4v) is 3.69. The van der Waals surface area contributed by atoms with Gasteiger partial charge in [-0.15, -0.1) is 0 Å². The molecule has 1 heterocycles. The summed E-state index contributed by atoms with van der Waals surface area (Å²) in [7, 11) is 1.64. The van der Waals surface area contributed by atoms with Gasteiger partial charge in [-0.25, -0.2) is 4.79 Å². The minimum atomic E-state index is -0.385. The standard InChI is InChI=1S/C22H28N2O4/c1-16-12-20(23-13-17-8-10-19(27-2)11-9-17)21(14-25)24(16)22(26)28-15-18-6-4-3-5-7-18/h3-11,16,20-21,23,25H,12-15H2,1-2H3/t16-,20+,21+/m1/s1. The molecule has 1 fully saturated rings. The number of carbonyl (C=O) groups excluding carboxylic acids is 1. The second-order valence-corrected chi connectivity index (χ2v) is 7.12. The molecule has 28 heavy (non-hydrogen) atoms. The van der Waals surface area contributed by atoms with Gasteiger partial charge in [0.05, 0.1) is 19.8 Å². The first-order chi connectivity index (χ1) is 13.6. The molecule has 1 amide bonds. The predicted molar refractivity (Wildman–Crippen MR) is 107 cm³/mol. The van der Waals surface area contributed by atoms with Gasteiger partial charge < -0.3 is 19.9 Å². The Bertz CT molecular complexity index is 751. The number of nitrogens with one attached hydrogen (secondary N) is 1. The van der Waals surface area contributed by atoms with Crippen LogP contribution >= 0.6 is 0 Å². The summed E-state index contributed by atoms with van der Waals surface area (Å²) < 4.78 is 10.7. The van der Waals surface area contributed by atoms with Crippen molar-refractivity contribution < 1.29 is 19.4 Å². The number of likely N-dealkylation sites (tertiary alicyclic amines) is 1. The van der Waals surface area contributed by atoms with Gasteiger partial charge in [0, 0.05) is 18.6 Å². The molecule has 2 aromatic rings. The van der Waals surface area contributed by atoms with Gasteiger partial charge >= 0.3 is 6.09 Å². The molecule has 1 aliphatic rings. The minimum Gasteiger partial charge on any atom is -0.497 e. The lowest BCUT2D eigenvalue weighted by molar-refractivity contribution is 0.0642. The number of carbonyl (C=O) groups is 1. The molecule has 6 heteroatoms. The summed E-state index contributed by atoms with van der Waals surface area (Å²) in [5, 5.41) is 13.4. The summed E-state index contributed by atoms with van der Waals surface area (Å²) in [5.41, 5.74) is 2.06. The van der Waals surface area contributed by atoms with E-state index in [0.717, 1.165) is 23.3 Å². The summed E-state index contributed by atoms with van der Waals surface area (Å²) in [4.78, 5) is 14.3. The lowest BCUT2D eigenvalue weighted by atomic mass is 10.1. The number of nitrogens with zero attached hydrogens (tertiary/aromatic N) is 1. The number of benzene rings is 2. The third-order valence-corrected chi connectivity index (χ3v) is 5.22. The smallest absolute Gasteiger partial charge is 0.410 e. The van der Waals surface area contributed by atoms with Crippen LogP contribution in [0, 0.1) is 0 Å². The molecule has 0 unspecified atom stereocenters. The summed E-state index contributed by atoms with van der Waals surface area (Å²) >= 11 is 0. The van der Waals surface area contributed by atoms with Crippen LogP contribution in [-0.4, -0.2) is 47.9 Å². The van der Waals surface area contributed by atoms with E-state index in [9.17, 15) is 9.90 Å². The molecule has 2 N–H and O–H groups in total. The Balaban J connectivity index is 1.57. The van der Waals surface area contributed by atoms with Crippen LogP contribution in [0.3, 0.4) is 0 Å². The first kappa shape index (κ1) is 20.2. The SMILES string of the molecule is COc1ccc(CN[C@H]2C[C@@H](C)N(C(=O)OCc3ccccc3)[C@H]2CO)cc1. The highest BCUT2D eigenvalue weighted by Gasteiger charge is 2.42. The second-order valence-electron chi connectivity index (χ2n) is 7.12. The Morgan fingerprint density at radius 1 is 1.14 bits per heavy atom. The fourth-order valence-electron chi connectivity index (χ4n) is 3.69. The van der Waals surface area contributed by atoms with Crippen LogP contribution in [0.2, 0.25) is 0 Å². The summed E-state index contributed by atoms with van der Waals surface area (Å²) in [6.45, 7) is 2.77. The lowest BCUT2D eigenvalue weighted by Crippen LogP contribution is -2.48. The van der Waals surface area contributed by atoms with Crippen molar-refractivity contribution in [1.82, 2.24) is 10.2 Å². The fraction of sp³-hybridized carbons (Fsp3) is 0.409. The van der Waals surface area contributed by atoms with Crippen molar-refractivity contribution in [1.29, 1.82) is 0 Å². The highest BCUT2D eigenvalue weighted by molar-refractivity contribution is 5.69. The van der Waals surface area contributed by atoms with Crippen molar-refractivity contribution in [3.63, 3.8) is 0 Å². The lowest BCUT2D eigenvalue weighted by Gasteiger charge is -2.28. The highest BCUT2D eigenvalue weighted by Crippen LogP contribution is 2.26. The van der Waals surface area contributed by atoms with Crippen LogP contribution in [0.4, 0.5) is 4.79 Å². The van der Waals surface area contributed by atoms with Crippen molar-refractivity contribution in [2.24, 2.45) is 0 Å².